The van der Waals surface area contributed by atoms with Gasteiger partial charge in [-0.3, -0.25) is 10.1 Å². The Morgan fingerprint density at radius 1 is 1.32 bits per heavy atom. The molecule has 25 heavy (non-hydrogen) atoms. The van der Waals surface area contributed by atoms with Crippen LogP contribution < -0.4 is 11.1 Å². The van der Waals surface area contributed by atoms with Gasteiger partial charge in [0.2, 0.25) is 0 Å². The number of carbonyl (C=O) groups excluding carboxylic acids is 3. The van der Waals surface area contributed by atoms with Crippen LogP contribution >= 0.6 is 0 Å². The molecule has 0 spiro atoms. The monoisotopic (exact) mass is 353 g/mol. The van der Waals surface area contributed by atoms with Crippen molar-refractivity contribution in [3.05, 3.63) is 12.3 Å². The molecule has 0 radical (unpaired) electrons. The normalized spacial score (nSPS) is 18.2. The number of hydrogen-bond donors (Lipinski definition) is 2. The molecule has 0 aromatic heterocycles. The highest BCUT2D eigenvalue weighted by molar-refractivity contribution is 6.13. The molecule has 1 aliphatic heterocycles. The summed E-state index contributed by atoms with van der Waals surface area (Å²) in [5, 5.41) is 2.57. The average molecular weight is 353 g/mol. The number of amides is 4. The molecule has 1 fully saturated rings. The van der Waals surface area contributed by atoms with E-state index in [1.807, 2.05) is 13.8 Å². The number of carbonyl (C=O) groups is 3. The van der Waals surface area contributed by atoms with E-state index in [1.165, 1.54) is 4.90 Å². The fraction of sp³-hybridized carbons (Fsp3) is 0.625. The van der Waals surface area contributed by atoms with Crippen LogP contribution in [-0.4, -0.2) is 65.9 Å². The number of nitrogens with two attached hydrogens (primary N) is 1. The first-order valence-electron chi connectivity index (χ1n) is 8.40. The Bertz CT molecular complexity index is 557. The first-order valence-corrected chi connectivity index (χ1v) is 8.40. The van der Waals surface area contributed by atoms with E-state index < -0.39 is 18.1 Å². The fourth-order valence-electron chi connectivity index (χ4n) is 2.41. The summed E-state index contributed by atoms with van der Waals surface area (Å²) >= 11 is 0. The molecule has 9 nitrogen and oxygen atoms in total. The summed E-state index contributed by atoms with van der Waals surface area (Å²) in [6.07, 6.45) is 0.437. The highest BCUT2D eigenvalue weighted by Crippen LogP contribution is 2.15. The predicted molar refractivity (Wildman–Crippen MR) is 94.0 cm³/mol. The second-order valence-electron chi connectivity index (χ2n) is 5.37. The maximum atomic E-state index is 12.5. The Morgan fingerprint density at radius 3 is 2.48 bits per heavy atom. The highest BCUT2D eigenvalue weighted by Gasteiger charge is 2.41. The molecule has 1 saturated heterocycles. The molecule has 4 amide bonds. The van der Waals surface area contributed by atoms with E-state index in [0.29, 0.717) is 31.8 Å². The van der Waals surface area contributed by atoms with Gasteiger partial charge in [0.25, 0.3) is 0 Å². The number of esters is 1. The Labute approximate surface area is 147 Å². The summed E-state index contributed by atoms with van der Waals surface area (Å²) in [5.41, 5.74) is 6.15. The number of ether oxygens (including phenoxy) is 1. The molecule has 1 rings (SSSR count). The van der Waals surface area contributed by atoms with Gasteiger partial charge in [-0.2, -0.15) is 0 Å². The number of urea groups is 2. The van der Waals surface area contributed by atoms with E-state index in [2.05, 4.69) is 16.9 Å². The largest absolute Gasteiger partial charge is 0.466 e. The minimum atomic E-state index is -0.681. The molecule has 0 aromatic carbocycles. The SMILES string of the molecule is C=C(CCC(=O)OCC)N=C1NC(=O)N(C(=O)N(CC)CC)C1CN. The van der Waals surface area contributed by atoms with Gasteiger partial charge in [0.05, 0.1) is 13.0 Å². The number of aliphatic imine (C=N–C) groups is 1. The number of allylic oxidation sites excluding steroid dienone is 1. The maximum Gasteiger partial charge on any atom is 0.331 e. The number of rotatable bonds is 8. The molecule has 1 aliphatic rings. The molecule has 0 aliphatic carbocycles. The van der Waals surface area contributed by atoms with Crippen LogP contribution in [0.2, 0.25) is 0 Å². The standard InChI is InChI=1S/C16H27N5O4/c1-5-20(6-2)16(24)21-12(10-17)14(19-15(21)23)18-11(4)8-9-13(22)25-7-3/h12H,4-10,17H2,1-3H3,(H,18,19,23). The Kier molecular flexibility index (Phi) is 8.06. The van der Waals surface area contributed by atoms with Gasteiger partial charge >= 0.3 is 18.0 Å². The number of hydrogen-bond acceptors (Lipinski definition) is 6. The molecule has 0 bridgehead atoms. The summed E-state index contributed by atoms with van der Waals surface area (Å²) in [6, 6.07) is -1.66. The Morgan fingerprint density at radius 2 is 1.96 bits per heavy atom. The van der Waals surface area contributed by atoms with E-state index >= 15 is 0 Å². The fourth-order valence-corrected chi connectivity index (χ4v) is 2.41. The second-order valence-corrected chi connectivity index (χ2v) is 5.37. The van der Waals surface area contributed by atoms with Crippen LogP contribution in [0, 0.1) is 0 Å². The van der Waals surface area contributed by atoms with Crippen molar-refractivity contribution in [2.24, 2.45) is 10.7 Å². The van der Waals surface area contributed by atoms with Crippen LogP contribution in [0.1, 0.15) is 33.6 Å². The molecular formula is C16H27N5O4. The lowest BCUT2D eigenvalue weighted by Gasteiger charge is -2.27. The van der Waals surface area contributed by atoms with E-state index in [-0.39, 0.29) is 24.8 Å². The lowest BCUT2D eigenvalue weighted by Crippen LogP contribution is -2.50. The molecular weight excluding hydrogens is 326 g/mol. The summed E-state index contributed by atoms with van der Waals surface area (Å²) in [6.45, 7) is 10.5. The third kappa shape index (κ3) is 5.28. The predicted octanol–water partition coefficient (Wildman–Crippen LogP) is 1.06. The third-order valence-electron chi connectivity index (χ3n) is 3.75. The first-order chi connectivity index (χ1) is 11.9. The van der Waals surface area contributed by atoms with Gasteiger partial charge in [0.15, 0.2) is 0 Å². The van der Waals surface area contributed by atoms with Gasteiger partial charge in [-0.25, -0.2) is 19.5 Å². The number of imide groups is 1. The number of nitrogens with one attached hydrogen (secondary N) is 1. The molecule has 0 saturated carbocycles. The smallest absolute Gasteiger partial charge is 0.331 e. The van der Waals surface area contributed by atoms with Crippen LogP contribution in [0.5, 0.6) is 0 Å². The quantitative estimate of drug-likeness (QED) is 0.633. The molecule has 1 heterocycles. The van der Waals surface area contributed by atoms with Crippen LogP contribution in [0.4, 0.5) is 9.59 Å². The van der Waals surface area contributed by atoms with Gasteiger partial charge in [0, 0.05) is 25.3 Å². The van der Waals surface area contributed by atoms with Crippen molar-refractivity contribution < 1.29 is 19.1 Å². The minimum Gasteiger partial charge on any atom is -0.466 e. The zero-order valence-electron chi connectivity index (χ0n) is 15.1. The Hall–Kier alpha value is -2.42. The maximum absolute atomic E-state index is 12.5. The van der Waals surface area contributed by atoms with Crippen LogP contribution in [0.3, 0.4) is 0 Å². The average Bonchev–Trinajstić information content (AvgIpc) is 2.89. The van der Waals surface area contributed by atoms with E-state index in [9.17, 15) is 14.4 Å². The highest BCUT2D eigenvalue weighted by atomic mass is 16.5. The van der Waals surface area contributed by atoms with Crippen molar-refractivity contribution in [2.75, 3.05) is 26.2 Å². The molecule has 9 heteroatoms. The first kappa shape index (κ1) is 20.6. The molecule has 1 unspecified atom stereocenters. The molecule has 3 N–H and O–H groups in total. The van der Waals surface area contributed by atoms with Crippen LogP contribution in [0.15, 0.2) is 17.3 Å². The minimum absolute atomic E-state index is 0.0374. The molecule has 140 valence electrons. The van der Waals surface area contributed by atoms with E-state index in [1.54, 1.807) is 6.92 Å². The van der Waals surface area contributed by atoms with Crippen molar-refractivity contribution in [2.45, 2.75) is 39.7 Å². The van der Waals surface area contributed by atoms with Crippen LogP contribution in [0.25, 0.3) is 0 Å². The third-order valence-corrected chi connectivity index (χ3v) is 3.75. The Balaban J connectivity index is 2.84. The lowest BCUT2D eigenvalue weighted by molar-refractivity contribution is -0.143. The van der Waals surface area contributed by atoms with Crippen molar-refractivity contribution in [1.29, 1.82) is 0 Å². The van der Waals surface area contributed by atoms with Gasteiger partial charge in [0.1, 0.15) is 11.9 Å². The van der Waals surface area contributed by atoms with Crippen molar-refractivity contribution in [3.63, 3.8) is 0 Å². The number of nitrogens with zero attached hydrogens (tertiary/aromatic N) is 3. The van der Waals surface area contributed by atoms with Gasteiger partial charge in [-0.1, -0.05) is 6.58 Å². The van der Waals surface area contributed by atoms with Gasteiger partial charge in [-0.15, -0.1) is 0 Å². The van der Waals surface area contributed by atoms with Crippen molar-refractivity contribution in [3.8, 4) is 0 Å². The zero-order valence-corrected chi connectivity index (χ0v) is 15.1. The second kappa shape index (κ2) is 9.77. The van der Waals surface area contributed by atoms with Crippen molar-refractivity contribution >= 4 is 23.9 Å². The zero-order chi connectivity index (χ0) is 19.0. The molecule has 0 aromatic rings. The van der Waals surface area contributed by atoms with Gasteiger partial charge in [-0.05, 0) is 27.2 Å². The summed E-state index contributed by atoms with van der Waals surface area (Å²) in [4.78, 5) is 42.9. The summed E-state index contributed by atoms with van der Waals surface area (Å²) in [7, 11) is 0. The lowest BCUT2D eigenvalue weighted by atomic mass is 10.2. The van der Waals surface area contributed by atoms with Crippen molar-refractivity contribution in [1.82, 2.24) is 15.1 Å². The van der Waals surface area contributed by atoms with E-state index in [0.717, 1.165) is 4.90 Å². The van der Waals surface area contributed by atoms with E-state index in [4.69, 9.17) is 10.5 Å². The van der Waals surface area contributed by atoms with Crippen LogP contribution in [-0.2, 0) is 9.53 Å². The summed E-state index contributed by atoms with van der Waals surface area (Å²) < 4.78 is 4.84. The number of amidine groups is 1. The topological polar surface area (TPSA) is 117 Å². The molecule has 1 atom stereocenters. The van der Waals surface area contributed by atoms with Gasteiger partial charge < -0.3 is 15.4 Å². The summed E-state index contributed by atoms with van der Waals surface area (Å²) in [5.74, 6) is -0.0742.